The number of rotatable bonds is 5. The van der Waals surface area contributed by atoms with Crippen molar-refractivity contribution in [2.24, 2.45) is 5.92 Å². The molecule has 1 N–H and O–H groups in total. The Hall–Kier alpha value is -4.49. The Bertz CT molecular complexity index is 1680. The molecule has 1 amide bonds. The maximum absolute atomic E-state index is 14.7. The maximum atomic E-state index is 14.7. The quantitative estimate of drug-likeness (QED) is 0.338. The molecule has 4 aromatic rings. The lowest BCUT2D eigenvalue weighted by molar-refractivity contribution is -0.121. The second kappa shape index (κ2) is 8.78. The van der Waals surface area contributed by atoms with Crippen LogP contribution in [0.3, 0.4) is 0 Å². The number of methoxy groups -OCH3 is 1. The fourth-order valence-corrected chi connectivity index (χ4v) is 7.34. The minimum Gasteiger partial charge on any atom is -0.497 e. The van der Waals surface area contributed by atoms with E-state index in [2.05, 4.69) is 5.32 Å². The van der Waals surface area contributed by atoms with Crippen LogP contribution in [0.1, 0.15) is 31.2 Å². The SMILES string of the molecule is COc1cccc(C(=O)[C@@H]2[C@H](C(=O)c3cccs3)N3c4ccccc4C=C[C@@H]3[C@@]23C(=O)Nc2ccccc23)c1. The van der Waals surface area contributed by atoms with Gasteiger partial charge in [0.15, 0.2) is 11.6 Å². The first kappa shape index (κ1) is 23.6. The number of carbonyl (C=O) groups excluding carboxylic acids is 3. The van der Waals surface area contributed by atoms with Crippen LogP contribution in [0.25, 0.3) is 6.08 Å². The molecule has 1 spiro atoms. The molecule has 0 radical (unpaired) electrons. The molecule has 192 valence electrons. The van der Waals surface area contributed by atoms with Crippen molar-refractivity contribution in [3.05, 3.63) is 118 Å². The van der Waals surface area contributed by atoms with E-state index in [-0.39, 0.29) is 17.5 Å². The molecule has 6 nitrogen and oxygen atoms in total. The van der Waals surface area contributed by atoms with Crippen LogP contribution < -0.4 is 15.0 Å². The molecule has 4 heterocycles. The van der Waals surface area contributed by atoms with E-state index in [0.717, 1.165) is 16.8 Å². The number of benzene rings is 3. The van der Waals surface area contributed by atoms with Crippen molar-refractivity contribution in [3.8, 4) is 5.75 Å². The van der Waals surface area contributed by atoms with Crippen LogP contribution in [0.4, 0.5) is 11.4 Å². The highest BCUT2D eigenvalue weighted by Gasteiger charge is 2.70. The first-order valence-corrected chi connectivity index (χ1v) is 13.7. The summed E-state index contributed by atoms with van der Waals surface area (Å²) in [5, 5.41) is 4.91. The molecular formula is C32H24N2O4S. The van der Waals surface area contributed by atoms with E-state index in [1.165, 1.54) is 11.3 Å². The zero-order valence-electron chi connectivity index (χ0n) is 21.0. The molecule has 39 heavy (non-hydrogen) atoms. The number of hydrogen-bond donors (Lipinski definition) is 1. The monoisotopic (exact) mass is 532 g/mol. The number of para-hydroxylation sites is 2. The van der Waals surface area contributed by atoms with Gasteiger partial charge in [-0.15, -0.1) is 11.3 Å². The van der Waals surface area contributed by atoms with Crippen molar-refractivity contribution in [1.82, 2.24) is 0 Å². The lowest BCUT2D eigenvalue weighted by atomic mass is 9.64. The standard InChI is InChI=1S/C32H24N2O4S/c1-38-21-10-6-9-20(18-21)29(35)27-28(30(36)25-14-7-17-39-25)34-24-13-5-2-8-19(24)15-16-26(34)32(27)22-11-3-4-12-23(22)33-31(32)37/h2-18,26-28H,1H3,(H,33,37)/t26-,27+,28-,32-/m1/s1. The molecule has 4 atom stereocenters. The van der Waals surface area contributed by atoms with Crippen LogP contribution in [0.2, 0.25) is 0 Å². The molecule has 1 saturated heterocycles. The predicted octanol–water partition coefficient (Wildman–Crippen LogP) is 5.61. The van der Waals surface area contributed by atoms with Crippen molar-refractivity contribution in [1.29, 1.82) is 0 Å². The van der Waals surface area contributed by atoms with Gasteiger partial charge in [-0.25, -0.2) is 0 Å². The largest absolute Gasteiger partial charge is 0.497 e. The number of anilines is 2. The zero-order chi connectivity index (χ0) is 26.7. The maximum Gasteiger partial charge on any atom is 0.238 e. The van der Waals surface area contributed by atoms with E-state index in [9.17, 15) is 14.4 Å². The van der Waals surface area contributed by atoms with E-state index in [0.29, 0.717) is 21.9 Å². The Morgan fingerprint density at radius 3 is 2.59 bits per heavy atom. The zero-order valence-corrected chi connectivity index (χ0v) is 21.9. The third-order valence-electron chi connectivity index (χ3n) is 8.21. The summed E-state index contributed by atoms with van der Waals surface area (Å²) < 4.78 is 5.42. The van der Waals surface area contributed by atoms with Gasteiger partial charge in [0, 0.05) is 16.9 Å². The molecule has 3 aromatic carbocycles. The average molecular weight is 533 g/mol. The number of nitrogens with zero attached hydrogens (tertiary/aromatic N) is 1. The molecule has 1 aromatic heterocycles. The van der Waals surface area contributed by atoms with Gasteiger partial charge in [0.1, 0.15) is 17.2 Å². The second-order valence-corrected chi connectivity index (χ2v) is 10.9. The highest BCUT2D eigenvalue weighted by molar-refractivity contribution is 7.12. The van der Waals surface area contributed by atoms with Crippen LogP contribution in [0, 0.1) is 5.92 Å². The number of amides is 1. The fourth-order valence-electron chi connectivity index (χ4n) is 6.64. The van der Waals surface area contributed by atoms with Gasteiger partial charge < -0.3 is 15.0 Å². The molecule has 7 heteroatoms. The summed E-state index contributed by atoms with van der Waals surface area (Å²) in [6.45, 7) is 0. The van der Waals surface area contributed by atoms with Crippen LogP contribution in [-0.4, -0.2) is 36.7 Å². The Labute approximate surface area is 229 Å². The van der Waals surface area contributed by atoms with Gasteiger partial charge in [0.2, 0.25) is 5.91 Å². The number of Topliss-reactive ketones (excluding diaryl/α,β-unsaturated/α-hetero) is 2. The molecule has 0 saturated carbocycles. The number of hydrogen-bond acceptors (Lipinski definition) is 6. The topological polar surface area (TPSA) is 75.7 Å². The summed E-state index contributed by atoms with van der Waals surface area (Å²) in [6.07, 6.45) is 3.98. The first-order chi connectivity index (χ1) is 19.1. The fraction of sp³-hybridized carbons (Fsp3) is 0.156. The second-order valence-electron chi connectivity index (χ2n) is 10.00. The Morgan fingerprint density at radius 1 is 0.949 bits per heavy atom. The number of thiophene rings is 1. The number of nitrogens with one attached hydrogen (secondary N) is 1. The van der Waals surface area contributed by atoms with Crippen LogP contribution in [0.15, 0.2) is 96.4 Å². The van der Waals surface area contributed by atoms with E-state index >= 15 is 0 Å². The van der Waals surface area contributed by atoms with Crippen LogP contribution in [-0.2, 0) is 10.2 Å². The van der Waals surface area contributed by atoms with Gasteiger partial charge in [-0.2, -0.15) is 0 Å². The average Bonchev–Trinajstić information content (AvgIpc) is 3.69. The molecule has 0 bridgehead atoms. The number of fused-ring (bicyclic) bond motifs is 6. The Morgan fingerprint density at radius 2 is 1.77 bits per heavy atom. The highest BCUT2D eigenvalue weighted by Crippen LogP contribution is 2.58. The molecule has 0 unspecified atom stereocenters. The van der Waals surface area contributed by atoms with Gasteiger partial charge in [-0.3, -0.25) is 14.4 Å². The predicted molar refractivity (Wildman–Crippen MR) is 152 cm³/mol. The summed E-state index contributed by atoms with van der Waals surface area (Å²) >= 11 is 1.35. The molecule has 1 fully saturated rings. The summed E-state index contributed by atoms with van der Waals surface area (Å²) in [7, 11) is 1.55. The van der Waals surface area contributed by atoms with Crippen LogP contribution in [0.5, 0.6) is 5.75 Å². The summed E-state index contributed by atoms with van der Waals surface area (Å²) in [5.74, 6) is -1.17. The van der Waals surface area contributed by atoms with E-state index < -0.39 is 23.4 Å². The van der Waals surface area contributed by atoms with Crippen molar-refractivity contribution < 1.29 is 19.1 Å². The number of carbonyl (C=O) groups is 3. The van der Waals surface area contributed by atoms with Crippen molar-refractivity contribution >= 4 is 46.3 Å². The molecule has 0 aliphatic carbocycles. The summed E-state index contributed by atoms with van der Waals surface area (Å²) in [5.41, 5.74) is 2.25. The van der Waals surface area contributed by atoms with Gasteiger partial charge in [0.25, 0.3) is 0 Å². The molecule has 7 rings (SSSR count). The summed E-state index contributed by atoms with van der Waals surface area (Å²) in [4.78, 5) is 46.0. The van der Waals surface area contributed by atoms with Crippen molar-refractivity contribution in [2.75, 3.05) is 17.3 Å². The third-order valence-corrected chi connectivity index (χ3v) is 9.10. The molecular weight excluding hydrogens is 508 g/mol. The van der Waals surface area contributed by atoms with Crippen LogP contribution >= 0.6 is 11.3 Å². The van der Waals surface area contributed by atoms with Gasteiger partial charge in [-0.1, -0.05) is 66.7 Å². The highest BCUT2D eigenvalue weighted by atomic mass is 32.1. The summed E-state index contributed by atoms with van der Waals surface area (Å²) in [6, 6.07) is 24.4. The van der Waals surface area contributed by atoms with Gasteiger partial charge >= 0.3 is 0 Å². The first-order valence-electron chi connectivity index (χ1n) is 12.8. The normalized spacial score (nSPS) is 24.2. The Kier molecular flexibility index (Phi) is 5.32. The Balaban J connectivity index is 1.54. The van der Waals surface area contributed by atoms with Gasteiger partial charge in [-0.05, 0) is 46.8 Å². The van der Waals surface area contributed by atoms with Crippen molar-refractivity contribution in [3.63, 3.8) is 0 Å². The lowest BCUT2D eigenvalue weighted by Gasteiger charge is -2.37. The van der Waals surface area contributed by atoms with E-state index in [1.54, 1.807) is 37.4 Å². The third kappa shape index (κ3) is 3.23. The van der Waals surface area contributed by atoms with E-state index in [4.69, 9.17) is 4.74 Å². The van der Waals surface area contributed by atoms with E-state index in [1.807, 2.05) is 77.0 Å². The number of ether oxygens (including phenoxy) is 1. The van der Waals surface area contributed by atoms with Gasteiger partial charge in [0.05, 0.1) is 23.9 Å². The number of ketones is 2. The lowest BCUT2D eigenvalue weighted by Crippen LogP contribution is -2.51. The minimum absolute atomic E-state index is 0.171. The smallest absolute Gasteiger partial charge is 0.238 e. The minimum atomic E-state index is -1.32. The van der Waals surface area contributed by atoms with Crippen molar-refractivity contribution in [2.45, 2.75) is 17.5 Å². The molecule has 3 aliphatic heterocycles. The molecule has 3 aliphatic rings.